The van der Waals surface area contributed by atoms with Gasteiger partial charge in [0, 0.05) is 35.1 Å². The lowest BCUT2D eigenvalue weighted by atomic mass is 10.1. The predicted molar refractivity (Wildman–Crippen MR) is 139 cm³/mol. The zero-order valence-electron chi connectivity index (χ0n) is 18.7. The second-order valence-electron chi connectivity index (χ2n) is 8.62. The van der Waals surface area contributed by atoms with Crippen LogP contribution in [0.5, 0.6) is 5.75 Å². The molecule has 5 nitrogen and oxygen atoms in total. The van der Waals surface area contributed by atoms with Gasteiger partial charge in [-0.3, -0.25) is 4.79 Å². The molecule has 0 aliphatic carbocycles. The highest BCUT2D eigenvalue weighted by molar-refractivity contribution is 7.15. The van der Waals surface area contributed by atoms with Gasteiger partial charge in [0.15, 0.2) is 4.96 Å². The van der Waals surface area contributed by atoms with Crippen LogP contribution in [0.15, 0.2) is 89.9 Å². The molecule has 0 bridgehead atoms. The first-order chi connectivity index (χ1) is 16.7. The van der Waals surface area contributed by atoms with Crippen LogP contribution in [0.1, 0.15) is 12.5 Å². The van der Waals surface area contributed by atoms with Crippen molar-refractivity contribution in [2.24, 2.45) is 5.92 Å². The van der Waals surface area contributed by atoms with Gasteiger partial charge in [0.05, 0.1) is 22.2 Å². The molecular formula is C28H23N3O2S. The minimum Gasteiger partial charge on any atom is -0.493 e. The zero-order valence-corrected chi connectivity index (χ0v) is 19.5. The van der Waals surface area contributed by atoms with Crippen molar-refractivity contribution >= 4 is 44.3 Å². The molecule has 0 aliphatic heterocycles. The van der Waals surface area contributed by atoms with Gasteiger partial charge in [-0.15, -0.1) is 0 Å². The number of ether oxygens (including phenoxy) is 1. The number of thiazole rings is 1. The highest BCUT2D eigenvalue weighted by Crippen LogP contribution is 2.24. The van der Waals surface area contributed by atoms with E-state index in [0.29, 0.717) is 17.1 Å². The monoisotopic (exact) mass is 465 g/mol. The summed E-state index contributed by atoms with van der Waals surface area (Å²) in [4.78, 5) is 18.6. The minimum absolute atomic E-state index is 0.0184. The highest BCUT2D eigenvalue weighted by atomic mass is 32.1. The first kappa shape index (κ1) is 20.7. The molecule has 0 saturated heterocycles. The number of para-hydroxylation sites is 4. The molecule has 0 radical (unpaired) electrons. The molecule has 0 amide bonds. The molecule has 0 N–H and O–H groups in total. The zero-order chi connectivity index (χ0) is 23.1. The summed E-state index contributed by atoms with van der Waals surface area (Å²) >= 11 is 1.44. The van der Waals surface area contributed by atoms with Crippen molar-refractivity contribution in [3.05, 3.63) is 106 Å². The topological polar surface area (TPSA) is 48.5 Å². The number of nitrogens with zero attached hydrogens (tertiary/aromatic N) is 3. The Morgan fingerprint density at radius 3 is 2.56 bits per heavy atom. The number of hydrogen-bond acceptors (Lipinski definition) is 4. The van der Waals surface area contributed by atoms with Gasteiger partial charge in [-0.25, -0.2) is 9.38 Å². The van der Waals surface area contributed by atoms with Crippen LogP contribution in [0.2, 0.25) is 0 Å². The number of hydrogen-bond donors (Lipinski definition) is 0. The summed E-state index contributed by atoms with van der Waals surface area (Å²) < 4.78 is 10.6. The van der Waals surface area contributed by atoms with Crippen molar-refractivity contribution in [2.75, 3.05) is 6.61 Å². The Labute approximate surface area is 200 Å². The van der Waals surface area contributed by atoms with E-state index in [1.807, 2.05) is 66.7 Å². The predicted octanol–water partition coefficient (Wildman–Crippen LogP) is 5.13. The lowest BCUT2D eigenvalue weighted by Crippen LogP contribution is -2.22. The van der Waals surface area contributed by atoms with E-state index >= 15 is 0 Å². The summed E-state index contributed by atoms with van der Waals surface area (Å²) in [5, 5.41) is 1.13. The van der Waals surface area contributed by atoms with Gasteiger partial charge >= 0.3 is 0 Å². The Morgan fingerprint density at radius 1 is 0.971 bits per heavy atom. The van der Waals surface area contributed by atoms with Crippen molar-refractivity contribution in [1.29, 1.82) is 0 Å². The fourth-order valence-electron chi connectivity index (χ4n) is 4.44. The van der Waals surface area contributed by atoms with Crippen LogP contribution in [-0.4, -0.2) is 20.6 Å². The van der Waals surface area contributed by atoms with Crippen molar-refractivity contribution in [1.82, 2.24) is 14.0 Å². The summed E-state index contributed by atoms with van der Waals surface area (Å²) in [6.45, 7) is 3.65. The second-order valence-corrected chi connectivity index (χ2v) is 9.63. The average molecular weight is 466 g/mol. The molecule has 34 heavy (non-hydrogen) atoms. The molecule has 0 fully saturated rings. The maximum absolute atomic E-state index is 13.2. The summed E-state index contributed by atoms with van der Waals surface area (Å²) in [6.07, 6.45) is 4.14. The molecule has 0 saturated carbocycles. The van der Waals surface area contributed by atoms with E-state index in [1.54, 1.807) is 4.40 Å². The van der Waals surface area contributed by atoms with E-state index < -0.39 is 0 Å². The number of aromatic nitrogens is 3. The Hall–Kier alpha value is -3.90. The van der Waals surface area contributed by atoms with Gasteiger partial charge in [-0.05, 0) is 36.4 Å². The maximum Gasteiger partial charge on any atom is 0.274 e. The molecule has 6 rings (SSSR count). The first-order valence-corrected chi connectivity index (χ1v) is 12.2. The smallest absolute Gasteiger partial charge is 0.274 e. The molecule has 3 heterocycles. The minimum atomic E-state index is -0.0184. The fraction of sp³-hybridized carbons (Fsp3) is 0.143. The van der Waals surface area contributed by atoms with E-state index in [0.717, 1.165) is 44.8 Å². The van der Waals surface area contributed by atoms with Gasteiger partial charge < -0.3 is 9.30 Å². The molecular weight excluding hydrogens is 442 g/mol. The maximum atomic E-state index is 13.2. The lowest BCUT2D eigenvalue weighted by molar-refractivity contribution is 0.245. The average Bonchev–Trinajstić information content (AvgIpc) is 3.50. The highest BCUT2D eigenvalue weighted by Gasteiger charge is 2.13. The van der Waals surface area contributed by atoms with Crippen molar-refractivity contribution in [2.45, 2.75) is 13.5 Å². The van der Waals surface area contributed by atoms with E-state index in [4.69, 9.17) is 4.74 Å². The first-order valence-electron chi connectivity index (χ1n) is 11.3. The van der Waals surface area contributed by atoms with Crippen LogP contribution in [0.4, 0.5) is 0 Å². The van der Waals surface area contributed by atoms with Crippen LogP contribution in [-0.2, 0) is 6.54 Å². The van der Waals surface area contributed by atoms with Gasteiger partial charge in [-0.2, -0.15) is 0 Å². The van der Waals surface area contributed by atoms with E-state index in [2.05, 4.69) is 40.9 Å². The van der Waals surface area contributed by atoms with Crippen molar-refractivity contribution < 1.29 is 4.74 Å². The Bertz CT molecular complexity index is 1730. The third kappa shape index (κ3) is 3.66. The van der Waals surface area contributed by atoms with Crippen molar-refractivity contribution in [3.63, 3.8) is 0 Å². The third-order valence-electron chi connectivity index (χ3n) is 6.04. The summed E-state index contributed by atoms with van der Waals surface area (Å²) in [5.74, 6) is 1.20. The van der Waals surface area contributed by atoms with Crippen LogP contribution in [0.25, 0.3) is 33.0 Å². The molecule has 6 aromatic rings. The summed E-state index contributed by atoms with van der Waals surface area (Å²) in [5.41, 5.74) is 3.88. The normalized spacial score (nSPS) is 13.3. The van der Waals surface area contributed by atoms with Crippen LogP contribution >= 0.6 is 11.3 Å². The standard InChI is InChI=1S/C28H23N3O2S/c1-19(18-33-21-9-3-2-4-10-21)16-30-17-20(22-11-5-7-13-24(22)30)15-26-27(32)31-25-14-8-6-12-23(25)29-28(31)34-26/h2-15,17,19H,16,18H2,1H3. The lowest BCUT2D eigenvalue weighted by Gasteiger charge is -2.14. The van der Waals surface area contributed by atoms with E-state index in [-0.39, 0.29) is 5.56 Å². The van der Waals surface area contributed by atoms with Crippen molar-refractivity contribution in [3.8, 4) is 5.75 Å². The number of imidazole rings is 1. The number of rotatable bonds is 6. The quantitative estimate of drug-likeness (QED) is 0.343. The van der Waals surface area contributed by atoms with Gasteiger partial charge in [-0.1, -0.05) is 66.8 Å². The number of benzene rings is 3. The van der Waals surface area contributed by atoms with Gasteiger partial charge in [0.1, 0.15) is 5.75 Å². The van der Waals surface area contributed by atoms with Crippen LogP contribution in [0, 0.1) is 5.92 Å². The summed E-state index contributed by atoms with van der Waals surface area (Å²) in [7, 11) is 0. The van der Waals surface area contributed by atoms with E-state index in [1.165, 1.54) is 11.3 Å². The molecule has 3 aromatic heterocycles. The summed E-state index contributed by atoms with van der Waals surface area (Å²) in [6, 6.07) is 26.0. The second kappa shape index (κ2) is 8.47. The van der Waals surface area contributed by atoms with E-state index in [9.17, 15) is 4.79 Å². The van der Waals surface area contributed by atoms with Gasteiger partial charge in [0.2, 0.25) is 0 Å². The largest absolute Gasteiger partial charge is 0.493 e. The Kier molecular flexibility index (Phi) is 5.15. The third-order valence-corrected chi connectivity index (χ3v) is 7.01. The van der Waals surface area contributed by atoms with Gasteiger partial charge in [0.25, 0.3) is 5.56 Å². The van der Waals surface area contributed by atoms with Crippen LogP contribution < -0.4 is 14.8 Å². The molecule has 3 aromatic carbocycles. The fourth-order valence-corrected chi connectivity index (χ4v) is 5.42. The number of fused-ring (bicyclic) bond motifs is 4. The molecule has 6 heteroatoms. The van der Waals surface area contributed by atoms with Crippen LogP contribution in [0.3, 0.4) is 0 Å². The SMILES string of the molecule is CC(COc1ccccc1)Cn1cc(C=c2sc3nc4ccccc4n3c2=O)c2ccccc21. The molecule has 0 aliphatic rings. The molecule has 0 spiro atoms. The Morgan fingerprint density at radius 2 is 1.71 bits per heavy atom. The molecule has 1 unspecified atom stereocenters. The Balaban J connectivity index is 1.35. The molecule has 1 atom stereocenters. The molecule has 168 valence electrons.